The van der Waals surface area contributed by atoms with E-state index in [0.29, 0.717) is 33.4 Å². The number of methoxy groups -OCH3 is 1. The number of nitrogen functional groups attached to an aromatic ring is 2. The zero-order valence-corrected chi connectivity index (χ0v) is 14.8. The Morgan fingerprint density at radius 3 is 2.65 bits per heavy atom. The third-order valence-electron chi connectivity index (χ3n) is 3.89. The van der Waals surface area contributed by atoms with Gasteiger partial charge in [-0.15, -0.1) is 0 Å². The van der Waals surface area contributed by atoms with Gasteiger partial charge in [0.25, 0.3) is 0 Å². The van der Waals surface area contributed by atoms with Gasteiger partial charge in [-0.2, -0.15) is 0 Å². The number of nitrogens with one attached hydrogen (secondary N) is 2. The Labute approximate surface area is 156 Å². The molecule has 6 N–H and O–H groups in total. The predicted octanol–water partition coefficient (Wildman–Crippen LogP) is 4.02. The van der Waals surface area contributed by atoms with Crippen LogP contribution in [0.3, 0.4) is 0 Å². The SMILES string of the molecule is COc1cccc(-c2cnc(Nc3ccccc3Cl)c(N)c2C(=N)N)c1. The number of anilines is 3. The summed E-state index contributed by atoms with van der Waals surface area (Å²) in [6, 6.07) is 14.7. The third-order valence-corrected chi connectivity index (χ3v) is 4.22. The van der Waals surface area contributed by atoms with Crippen LogP contribution in [0.15, 0.2) is 54.7 Å². The largest absolute Gasteiger partial charge is 0.497 e. The zero-order valence-electron chi connectivity index (χ0n) is 14.1. The van der Waals surface area contributed by atoms with Crippen LogP contribution in [0.2, 0.25) is 5.02 Å². The van der Waals surface area contributed by atoms with E-state index in [0.717, 1.165) is 5.56 Å². The summed E-state index contributed by atoms with van der Waals surface area (Å²) >= 11 is 6.18. The maximum Gasteiger partial charge on any atom is 0.154 e. The molecule has 0 radical (unpaired) electrons. The molecule has 0 unspecified atom stereocenters. The van der Waals surface area contributed by atoms with E-state index >= 15 is 0 Å². The summed E-state index contributed by atoms with van der Waals surface area (Å²) in [5.41, 5.74) is 14.9. The highest BCUT2D eigenvalue weighted by Crippen LogP contribution is 2.34. The van der Waals surface area contributed by atoms with Crippen molar-refractivity contribution in [1.29, 1.82) is 5.41 Å². The highest BCUT2D eigenvalue weighted by Gasteiger charge is 2.17. The van der Waals surface area contributed by atoms with Gasteiger partial charge in [-0.3, -0.25) is 5.41 Å². The minimum absolute atomic E-state index is 0.148. The van der Waals surface area contributed by atoms with E-state index in [1.54, 1.807) is 19.4 Å². The van der Waals surface area contributed by atoms with Crippen LogP contribution in [-0.4, -0.2) is 17.9 Å². The molecule has 0 bridgehead atoms. The van der Waals surface area contributed by atoms with E-state index in [1.165, 1.54) is 0 Å². The quantitative estimate of drug-likeness (QED) is 0.402. The van der Waals surface area contributed by atoms with Crippen molar-refractivity contribution >= 4 is 34.6 Å². The van der Waals surface area contributed by atoms with Gasteiger partial charge in [0.05, 0.1) is 29.1 Å². The van der Waals surface area contributed by atoms with Gasteiger partial charge in [-0.25, -0.2) is 4.98 Å². The second-order valence-corrected chi connectivity index (χ2v) is 5.97. The second-order valence-electron chi connectivity index (χ2n) is 5.56. The molecule has 0 aliphatic rings. The molecule has 0 fully saturated rings. The average molecular weight is 368 g/mol. The first-order valence-corrected chi connectivity index (χ1v) is 8.18. The number of benzene rings is 2. The lowest BCUT2D eigenvalue weighted by Gasteiger charge is -2.16. The molecule has 0 aliphatic carbocycles. The number of hydrogen-bond donors (Lipinski definition) is 4. The van der Waals surface area contributed by atoms with Gasteiger partial charge >= 0.3 is 0 Å². The van der Waals surface area contributed by atoms with Crippen molar-refractivity contribution < 1.29 is 4.74 Å². The van der Waals surface area contributed by atoms with Crippen LogP contribution in [0.4, 0.5) is 17.2 Å². The number of aromatic nitrogens is 1. The predicted molar refractivity (Wildman–Crippen MR) is 106 cm³/mol. The monoisotopic (exact) mass is 367 g/mol. The molecule has 26 heavy (non-hydrogen) atoms. The summed E-state index contributed by atoms with van der Waals surface area (Å²) in [5.74, 6) is 0.925. The second kappa shape index (κ2) is 7.33. The molecular formula is C19H18ClN5O. The molecule has 7 heteroatoms. The summed E-state index contributed by atoms with van der Waals surface area (Å²) in [6.45, 7) is 0. The molecular weight excluding hydrogens is 350 g/mol. The van der Waals surface area contributed by atoms with Crippen molar-refractivity contribution in [3.8, 4) is 16.9 Å². The number of nitrogens with zero attached hydrogens (tertiary/aromatic N) is 1. The van der Waals surface area contributed by atoms with Crippen molar-refractivity contribution in [3.05, 3.63) is 65.3 Å². The van der Waals surface area contributed by atoms with E-state index in [-0.39, 0.29) is 11.5 Å². The smallest absolute Gasteiger partial charge is 0.154 e. The first kappa shape index (κ1) is 17.6. The van der Waals surface area contributed by atoms with Crippen LogP contribution in [-0.2, 0) is 0 Å². The fraction of sp³-hybridized carbons (Fsp3) is 0.0526. The van der Waals surface area contributed by atoms with Gasteiger partial charge in [-0.05, 0) is 29.8 Å². The fourth-order valence-electron chi connectivity index (χ4n) is 2.62. The molecule has 6 nitrogen and oxygen atoms in total. The Balaban J connectivity index is 2.10. The normalized spacial score (nSPS) is 10.4. The number of pyridine rings is 1. The van der Waals surface area contributed by atoms with Gasteiger partial charge < -0.3 is 21.5 Å². The van der Waals surface area contributed by atoms with E-state index in [1.807, 2.05) is 42.5 Å². The zero-order chi connectivity index (χ0) is 18.7. The van der Waals surface area contributed by atoms with Crippen molar-refractivity contribution in [2.45, 2.75) is 0 Å². The Hall–Kier alpha value is -3.25. The van der Waals surface area contributed by atoms with E-state index in [2.05, 4.69) is 10.3 Å². The number of nitrogens with two attached hydrogens (primary N) is 2. The third kappa shape index (κ3) is 3.41. The van der Waals surface area contributed by atoms with Crippen molar-refractivity contribution in [2.75, 3.05) is 18.2 Å². The molecule has 1 heterocycles. The Morgan fingerprint density at radius 1 is 1.19 bits per heavy atom. The number of para-hydroxylation sites is 1. The van der Waals surface area contributed by atoms with Crippen LogP contribution < -0.4 is 21.5 Å². The standard InChI is InChI=1S/C19H18ClN5O/c1-26-12-6-4-5-11(9-12)13-10-24-19(17(21)16(13)18(22)23)25-15-8-3-2-7-14(15)20/h2-10H,21H2,1H3,(H3,22,23)(H,24,25). The summed E-state index contributed by atoms with van der Waals surface area (Å²) in [7, 11) is 1.59. The molecule has 0 amide bonds. The minimum Gasteiger partial charge on any atom is -0.497 e. The molecule has 0 spiro atoms. The Morgan fingerprint density at radius 2 is 1.96 bits per heavy atom. The van der Waals surface area contributed by atoms with E-state index in [9.17, 15) is 0 Å². The van der Waals surface area contributed by atoms with Crippen LogP contribution in [0.25, 0.3) is 11.1 Å². The molecule has 2 aromatic carbocycles. The molecule has 0 saturated heterocycles. The minimum atomic E-state index is -0.148. The molecule has 3 aromatic rings. The summed E-state index contributed by atoms with van der Waals surface area (Å²) in [5, 5.41) is 11.6. The highest BCUT2D eigenvalue weighted by molar-refractivity contribution is 6.33. The lowest BCUT2D eigenvalue weighted by molar-refractivity contribution is 0.415. The lowest BCUT2D eigenvalue weighted by Crippen LogP contribution is -2.17. The van der Waals surface area contributed by atoms with Crippen molar-refractivity contribution in [1.82, 2.24) is 4.98 Å². The number of halogens is 1. The lowest BCUT2D eigenvalue weighted by atomic mass is 9.99. The summed E-state index contributed by atoms with van der Waals surface area (Å²) in [6.07, 6.45) is 1.63. The first-order chi connectivity index (χ1) is 12.5. The Kier molecular flexibility index (Phi) is 4.95. The van der Waals surface area contributed by atoms with Crippen molar-refractivity contribution in [2.24, 2.45) is 5.73 Å². The maximum absolute atomic E-state index is 7.97. The number of ether oxygens (including phenoxy) is 1. The molecule has 132 valence electrons. The topological polar surface area (TPSA) is 110 Å². The van der Waals surface area contributed by atoms with Crippen LogP contribution in [0.5, 0.6) is 5.75 Å². The summed E-state index contributed by atoms with van der Waals surface area (Å²) < 4.78 is 5.26. The van der Waals surface area contributed by atoms with Crippen molar-refractivity contribution in [3.63, 3.8) is 0 Å². The molecule has 3 rings (SSSR count). The number of amidine groups is 1. The highest BCUT2D eigenvalue weighted by atomic mass is 35.5. The fourth-order valence-corrected chi connectivity index (χ4v) is 2.80. The van der Waals surface area contributed by atoms with Gasteiger partial charge in [0, 0.05) is 11.8 Å². The van der Waals surface area contributed by atoms with Gasteiger partial charge in [0.15, 0.2) is 5.82 Å². The van der Waals surface area contributed by atoms with Crippen LogP contribution in [0, 0.1) is 5.41 Å². The molecule has 0 atom stereocenters. The average Bonchev–Trinajstić information content (AvgIpc) is 2.64. The van der Waals surface area contributed by atoms with Crippen LogP contribution in [0.1, 0.15) is 5.56 Å². The first-order valence-electron chi connectivity index (χ1n) is 7.80. The molecule has 0 saturated carbocycles. The van der Waals surface area contributed by atoms with E-state index < -0.39 is 0 Å². The van der Waals surface area contributed by atoms with Gasteiger partial charge in [0.2, 0.25) is 0 Å². The Bertz CT molecular complexity index is 974. The molecule has 1 aromatic heterocycles. The maximum atomic E-state index is 7.97. The van der Waals surface area contributed by atoms with Crippen LogP contribution >= 0.6 is 11.6 Å². The number of rotatable bonds is 5. The number of hydrogen-bond acceptors (Lipinski definition) is 5. The molecule has 0 aliphatic heterocycles. The van der Waals surface area contributed by atoms with E-state index in [4.69, 9.17) is 33.2 Å². The van der Waals surface area contributed by atoms with Gasteiger partial charge in [0.1, 0.15) is 11.6 Å². The summed E-state index contributed by atoms with van der Waals surface area (Å²) in [4.78, 5) is 4.40. The van der Waals surface area contributed by atoms with Gasteiger partial charge in [-0.1, -0.05) is 35.9 Å².